The zero-order valence-electron chi connectivity index (χ0n) is 13.0. The summed E-state index contributed by atoms with van der Waals surface area (Å²) in [6.45, 7) is 1.12. The molecule has 1 amide bonds. The Morgan fingerprint density at radius 2 is 1.68 bits per heavy atom. The van der Waals surface area contributed by atoms with Crippen molar-refractivity contribution in [3.63, 3.8) is 0 Å². The molecule has 5 nitrogen and oxygen atoms in total. The van der Waals surface area contributed by atoms with Crippen LogP contribution in [0.5, 0.6) is 0 Å². The Labute approximate surface area is 141 Å². The van der Waals surface area contributed by atoms with Crippen molar-refractivity contribution in [2.75, 3.05) is 0 Å². The van der Waals surface area contributed by atoms with Gasteiger partial charge in [0, 0.05) is 5.56 Å². The average Bonchev–Trinajstić information content (AvgIpc) is 2.80. The molecule has 1 atom stereocenters. The molecule has 2 aromatic rings. The van der Waals surface area contributed by atoms with Crippen molar-refractivity contribution >= 4 is 11.7 Å². The Bertz CT molecular complexity index is 875. The van der Waals surface area contributed by atoms with Crippen LogP contribution in [0, 0.1) is 11.6 Å². The van der Waals surface area contributed by atoms with Gasteiger partial charge in [-0.1, -0.05) is 24.3 Å². The predicted octanol–water partition coefficient (Wildman–Crippen LogP) is 2.94. The Balaban J connectivity index is 1.92. The summed E-state index contributed by atoms with van der Waals surface area (Å²) < 4.78 is 33.4. The zero-order chi connectivity index (χ0) is 18.2. The quantitative estimate of drug-likeness (QED) is 0.897. The minimum absolute atomic E-state index is 0.254. The third kappa shape index (κ3) is 2.73. The van der Waals surface area contributed by atoms with E-state index in [1.54, 1.807) is 18.2 Å². The fourth-order valence-corrected chi connectivity index (χ4v) is 2.60. The number of halogens is 2. The van der Waals surface area contributed by atoms with Crippen LogP contribution in [0.3, 0.4) is 0 Å². The molecule has 0 saturated heterocycles. The van der Waals surface area contributed by atoms with E-state index in [9.17, 15) is 23.5 Å². The Kier molecular flexibility index (Phi) is 4.00. The Morgan fingerprint density at radius 1 is 1.08 bits per heavy atom. The average molecular weight is 345 g/mol. The summed E-state index contributed by atoms with van der Waals surface area (Å²) >= 11 is 0. The predicted molar refractivity (Wildman–Crippen MR) is 83.4 cm³/mol. The van der Waals surface area contributed by atoms with Gasteiger partial charge < -0.3 is 9.84 Å². The number of Topliss-reactive ketones (excluding diaryl/α,β-unsaturated/α-hetero) is 1. The van der Waals surface area contributed by atoms with Gasteiger partial charge in [0.25, 0.3) is 11.7 Å². The first-order valence-electron chi connectivity index (χ1n) is 7.32. The van der Waals surface area contributed by atoms with Crippen molar-refractivity contribution in [1.82, 2.24) is 5.32 Å². The van der Waals surface area contributed by atoms with Gasteiger partial charge in [-0.15, -0.1) is 0 Å². The molecule has 1 aliphatic heterocycles. The molecule has 3 rings (SSSR count). The standard InChI is InChI=1S/C18H13F2NO4/c1-18(13-11(19)8-5-9-12(13)20)15(23)14(22)17(25-18)21-16(24)10-6-3-2-4-7-10/h2-9,22H,1H3,(H,21,24). The lowest BCUT2D eigenvalue weighted by Crippen LogP contribution is -2.34. The highest BCUT2D eigenvalue weighted by Gasteiger charge is 2.51. The number of carbonyl (C=O) groups is 2. The van der Waals surface area contributed by atoms with Crippen LogP contribution in [-0.2, 0) is 15.1 Å². The molecule has 0 bridgehead atoms. The summed E-state index contributed by atoms with van der Waals surface area (Å²) in [5.74, 6) is -5.16. The number of hydrogen-bond acceptors (Lipinski definition) is 4. The molecule has 1 aliphatic rings. The number of aliphatic hydroxyl groups excluding tert-OH is 1. The van der Waals surface area contributed by atoms with Crippen LogP contribution < -0.4 is 5.32 Å². The van der Waals surface area contributed by atoms with E-state index in [0.717, 1.165) is 25.1 Å². The van der Waals surface area contributed by atoms with Crippen LogP contribution in [0.1, 0.15) is 22.8 Å². The molecular formula is C18H13F2NO4. The van der Waals surface area contributed by atoms with Gasteiger partial charge in [-0.2, -0.15) is 0 Å². The molecule has 25 heavy (non-hydrogen) atoms. The maximum absolute atomic E-state index is 14.0. The first-order chi connectivity index (χ1) is 11.8. The van der Waals surface area contributed by atoms with Gasteiger partial charge in [0.05, 0.1) is 5.56 Å². The summed E-state index contributed by atoms with van der Waals surface area (Å²) in [5.41, 5.74) is -2.52. The van der Waals surface area contributed by atoms with Crippen LogP contribution in [0.25, 0.3) is 0 Å². The SMILES string of the molecule is CC1(c2c(F)cccc2F)OC(NC(=O)c2ccccc2)=C(O)C1=O. The molecule has 7 heteroatoms. The molecule has 0 radical (unpaired) electrons. The molecule has 0 aliphatic carbocycles. The highest BCUT2D eigenvalue weighted by atomic mass is 19.1. The number of rotatable bonds is 3. The second-order valence-electron chi connectivity index (χ2n) is 5.56. The Morgan fingerprint density at radius 3 is 2.28 bits per heavy atom. The molecule has 1 heterocycles. The van der Waals surface area contributed by atoms with Crippen LogP contribution in [0.2, 0.25) is 0 Å². The maximum atomic E-state index is 14.0. The van der Waals surface area contributed by atoms with E-state index in [4.69, 9.17) is 4.74 Å². The summed E-state index contributed by atoms with van der Waals surface area (Å²) in [7, 11) is 0. The molecule has 1 unspecified atom stereocenters. The lowest BCUT2D eigenvalue weighted by atomic mass is 9.90. The van der Waals surface area contributed by atoms with Gasteiger partial charge in [0.2, 0.25) is 17.2 Å². The van der Waals surface area contributed by atoms with Crippen molar-refractivity contribution in [3.8, 4) is 0 Å². The third-order valence-corrected chi connectivity index (χ3v) is 3.87. The van der Waals surface area contributed by atoms with Crippen molar-refractivity contribution in [2.24, 2.45) is 0 Å². The maximum Gasteiger partial charge on any atom is 0.258 e. The summed E-state index contributed by atoms with van der Waals surface area (Å²) in [4.78, 5) is 24.5. The van der Waals surface area contributed by atoms with E-state index in [2.05, 4.69) is 5.32 Å². The van der Waals surface area contributed by atoms with E-state index < -0.39 is 46.1 Å². The first kappa shape index (κ1) is 16.6. The van der Waals surface area contributed by atoms with E-state index >= 15 is 0 Å². The van der Waals surface area contributed by atoms with E-state index in [-0.39, 0.29) is 5.56 Å². The van der Waals surface area contributed by atoms with Crippen LogP contribution in [0.15, 0.2) is 60.2 Å². The second-order valence-corrected chi connectivity index (χ2v) is 5.56. The zero-order valence-corrected chi connectivity index (χ0v) is 13.0. The molecule has 0 fully saturated rings. The van der Waals surface area contributed by atoms with Crippen molar-refractivity contribution in [1.29, 1.82) is 0 Å². The van der Waals surface area contributed by atoms with Crippen molar-refractivity contribution < 1.29 is 28.2 Å². The number of aliphatic hydroxyl groups is 1. The Hall–Kier alpha value is -3.22. The number of amides is 1. The molecule has 2 N–H and O–H groups in total. The van der Waals surface area contributed by atoms with E-state index in [0.29, 0.717) is 0 Å². The van der Waals surface area contributed by atoms with Crippen LogP contribution in [0.4, 0.5) is 8.78 Å². The number of benzene rings is 2. The third-order valence-electron chi connectivity index (χ3n) is 3.87. The smallest absolute Gasteiger partial charge is 0.258 e. The van der Waals surface area contributed by atoms with E-state index in [1.807, 2.05) is 0 Å². The van der Waals surface area contributed by atoms with Gasteiger partial charge in [0.1, 0.15) is 11.6 Å². The molecule has 0 saturated carbocycles. The van der Waals surface area contributed by atoms with Gasteiger partial charge in [-0.05, 0) is 31.2 Å². The van der Waals surface area contributed by atoms with E-state index in [1.165, 1.54) is 12.1 Å². The summed E-state index contributed by atoms with van der Waals surface area (Å²) in [6.07, 6.45) is 0. The van der Waals surface area contributed by atoms with Gasteiger partial charge in [-0.3, -0.25) is 14.9 Å². The number of hydrogen-bond donors (Lipinski definition) is 2. The summed E-state index contributed by atoms with van der Waals surface area (Å²) in [5, 5.41) is 12.2. The number of ketones is 1. The fraction of sp³-hybridized carbons (Fsp3) is 0.111. The minimum atomic E-state index is -2.13. The number of nitrogens with one attached hydrogen (secondary N) is 1. The number of ether oxygens (including phenoxy) is 1. The molecule has 0 aromatic heterocycles. The number of carbonyl (C=O) groups excluding carboxylic acids is 2. The fourth-order valence-electron chi connectivity index (χ4n) is 2.60. The monoisotopic (exact) mass is 345 g/mol. The van der Waals surface area contributed by atoms with Crippen molar-refractivity contribution in [2.45, 2.75) is 12.5 Å². The normalized spacial score (nSPS) is 19.7. The van der Waals surface area contributed by atoms with Crippen LogP contribution >= 0.6 is 0 Å². The highest BCUT2D eigenvalue weighted by Crippen LogP contribution is 2.39. The van der Waals surface area contributed by atoms with Gasteiger partial charge in [0.15, 0.2) is 0 Å². The molecule has 0 spiro atoms. The first-order valence-corrected chi connectivity index (χ1v) is 7.32. The lowest BCUT2D eigenvalue weighted by molar-refractivity contribution is -0.132. The topological polar surface area (TPSA) is 75.6 Å². The molecule has 128 valence electrons. The van der Waals surface area contributed by atoms with Gasteiger partial charge in [-0.25, -0.2) is 8.78 Å². The largest absolute Gasteiger partial charge is 0.501 e. The molecular weight excluding hydrogens is 332 g/mol. The molecule has 2 aromatic carbocycles. The van der Waals surface area contributed by atoms with Gasteiger partial charge >= 0.3 is 0 Å². The minimum Gasteiger partial charge on any atom is -0.501 e. The van der Waals surface area contributed by atoms with Crippen LogP contribution in [-0.4, -0.2) is 16.8 Å². The lowest BCUT2D eigenvalue weighted by Gasteiger charge is -2.24. The summed E-state index contributed by atoms with van der Waals surface area (Å²) in [6, 6.07) is 11.1. The van der Waals surface area contributed by atoms with Crippen molar-refractivity contribution in [3.05, 3.63) is 82.9 Å². The second kappa shape index (κ2) is 6.01. The highest BCUT2D eigenvalue weighted by molar-refractivity contribution is 6.04.